The van der Waals surface area contributed by atoms with Gasteiger partial charge in [0.2, 0.25) is 0 Å². The van der Waals surface area contributed by atoms with Gasteiger partial charge in [-0.25, -0.2) is 8.78 Å². The van der Waals surface area contributed by atoms with Crippen LogP contribution in [0.2, 0.25) is 0 Å². The Morgan fingerprint density at radius 1 is 1.33 bits per heavy atom. The molecule has 4 heteroatoms. The molecule has 1 rings (SSSR count). The number of halogens is 4. The molecule has 0 amide bonds. The maximum absolute atomic E-state index is 12.9. The van der Waals surface area contributed by atoms with Crippen molar-refractivity contribution >= 4 is 23.2 Å². The van der Waals surface area contributed by atoms with Crippen LogP contribution >= 0.6 is 23.2 Å². The monoisotopic (exact) mass is 210 g/mol. The SMILES string of the molecule is Fc1cccc(C(Cl)CCl)c1F. The second-order valence-electron chi connectivity index (χ2n) is 2.26. The van der Waals surface area contributed by atoms with E-state index in [1.807, 2.05) is 0 Å². The highest BCUT2D eigenvalue weighted by atomic mass is 35.5. The van der Waals surface area contributed by atoms with Crippen molar-refractivity contribution in [3.63, 3.8) is 0 Å². The van der Waals surface area contributed by atoms with Crippen molar-refractivity contribution in [1.82, 2.24) is 0 Å². The summed E-state index contributed by atoms with van der Waals surface area (Å²) in [6, 6.07) is 3.85. The van der Waals surface area contributed by atoms with Crippen LogP contribution in [0, 0.1) is 11.6 Å². The van der Waals surface area contributed by atoms with Gasteiger partial charge in [0, 0.05) is 11.4 Å². The minimum Gasteiger partial charge on any atom is -0.204 e. The van der Waals surface area contributed by atoms with Gasteiger partial charge in [-0.1, -0.05) is 12.1 Å². The first-order chi connectivity index (χ1) is 5.66. The topological polar surface area (TPSA) is 0 Å². The van der Waals surface area contributed by atoms with Crippen LogP contribution in [-0.4, -0.2) is 5.88 Å². The number of alkyl halides is 2. The summed E-state index contributed by atoms with van der Waals surface area (Å²) in [7, 11) is 0. The van der Waals surface area contributed by atoms with Crippen LogP contribution < -0.4 is 0 Å². The van der Waals surface area contributed by atoms with E-state index in [-0.39, 0.29) is 11.4 Å². The Morgan fingerprint density at radius 2 is 2.00 bits per heavy atom. The van der Waals surface area contributed by atoms with Gasteiger partial charge in [-0.15, -0.1) is 23.2 Å². The Hall–Kier alpha value is -0.340. The van der Waals surface area contributed by atoms with Crippen molar-refractivity contribution in [3.8, 4) is 0 Å². The van der Waals surface area contributed by atoms with Gasteiger partial charge in [-0.05, 0) is 6.07 Å². The third-order valence-electron chi connectivity index (χ3n) is 1.45. The minimum atomic E-state index is -0.918. The highest BCUT2D eigenvalue weighted by Crippen LogP contribution is 2.25. The zero-order chi connectivity index (χ0) is 9.14. The molecule has 0 aliphatic rings. The standard InChI is InChI=1S/C8H6Cl2F2/c9-4-6(10)5-2-1-3-7(11)8(5)12/h1-3,6H,4H2. The normalized spacial score (nSPS) is 13.0. The van der Waals surface area contributed by atoms with Crippen LogP contribution in [0.25, 0.3) is 0 Å². The van der Waals surface area contributed by atoms with Gasteiger partial charge in [-0.2, -0.15) is 0 Å². The molecule has 0 N–H and O–H groups in total. The van der Waals surface area contributed by atoms with E-state index in [0.29, 0.717) is 0 Å². The third-order valence-corrected chi connectivity index (χ3v) is 2.31. The summed E-state index contributed by atoms with van der Waals surface area (Å²) in [6.45, 7) is 0. The van der Waals surface area contributed by atoms with Crippen molar-refractivity contribution in [2.45, 2.75) is 5.38 Å². The number of rotatable bonds is 2. The first-order valence-electron chi connectivity index (χ1n) is 3.30. The van der Waals surface area contributed by atoms with Gasteiger partial charge < -0.3 is 0 Å². The summed E-state index contributed by atoms with van der Waals surface area (Å²) in [4.78, 5) is 0. The Bertz CT molecular complexity index is 276. The molecular weight excluding hydrogens is 205 g/mol. The molecule has 0 aliphatic carbocycles. The van der Waals surface area contributed by atoms with Crippen LogP contribution in [0.15, 0.2) is 18.2 Å². The summed E-state index contributed by atoms with van der Waals surface area (Å²) in [5.41, 5.74) is 0.103. The van der Waals surface area contributed by atoms with Crippen molar-refractivity contribution in [3.05, 3.63) is 35.4 Å². The zero-order valence-electron chi connectivity index (χ0n) is 6.03. The molecule has 1 unspecified atom stereocenters. The van der Waals surface area contributed by atoms with Crippen molar-refractivity contribution < 1.29 is 8.78 Å². The third kappa shape index (κ3) is 1.87. The van der Waals surface area contributed by atoms with Gasteiger partial charge >= 0.3 is 0 Å². The molecule has 1 aromatic rings. The quantitative estimate of drug-likeness (QED) is 0.657. The van der Waals surface area contributed by atoms with Crippen LogP contribution in [0.5, 0.6) is 0 Å². The predicted octanol–water partition coefficient (Wildman–Crippen LogP) is 3.48. The van der Waals surface area contributed by atoms with E-state index in [0.717, 1.165) is 6.07 Å². The zero-order valence-corrected chi connectivity index (χ0v) is 7.54. The fraction of sp³-hybridized carbons (Fsp3) is 0.250. The van der Waals surface area contributed by atoms with E-state index in [1.165, 1.54) is 12.1 Å². The number of benzene rings is 1. The smallest absolute Gasteiger partial charge is 0.163 e. The highest BCUT2D eigenvalue weighted by Gasteiger charge is 2.14. The van der Waals surface area contributed by atoms with Gasteiger partial charge in [0.25, 0.3) is 0 Å². The van der Waals surface area contributed by atoms with E-state index in [9.17, 15) is 8.78 Å². The summed E-state index contributed by atoms with van der Waals surface area (Å²) >= 11 is 11.0. The largest absolute Gasteiger partial charge is 0.204 e. The van der Waals surface area contributed by atoms with E-state index >= 15 is 0 Å². The number of hydrogen-bond acceptors (Lipinski definition) is 0. The molecule has 0 aliphatic heterocycles. The van der Waals surface area contributed by atoms with Gasteiger partial charge in [0.1, 0.15) is 0 Å². The lowest BCUT2D eigenvalue weighted by atomic mass is 10.1. The molecule has 0 saturated heterocycles. The van der Waals surface area contributed by atoms with Gasteiger partial charge in [-0.3, -0.25) is 0 Å². The summed E-state index contributed by atoms with van der Waals surface area (Å²) < 4.78 is 25.5. The average molecular weight is 211 g/mol. The Morgan fingerprint density at radius 3 is 2.58 bits per heavy atom. The predicted molar refractivity (Wildman–Crippen MR) is 45.7 cm³/mol. The summed E-state index contributed by atoms with van der Waals surface area (Å²) in [5, 5.41) is -0.678. The lowest BCUT2D eigenvalue weighted by Gasteiger charge is -2.06. The molecule has 1 atom stereocenters. The molecule has 0 fully saturated rings. The molecule has 0 bridgehead atoms. The molecule has 66 valence electrons. The maximum Gasteiger partial charge on any atom is 0.163 e. The minimum absolute atomic E-state index is 0.0575. The average Bonchev–Trinajstić information content (AvgIpc) is 2.08. The second-order valence-corrected chi connectivity index (χ2v) is 3.10. The Labute approximate surface area is 79.1 Å². The molecule has 0 nitrogen and oxygen atoms in total. The van der Waals surface area contributed by atoms with Crippen LogP contribution in [0.3, 0.4) is 0 Å². The van der Waals surface area contributed by atoms with Crippen molar-refractivity contribution in [2.75, 3.05) is 5.88 Å². The van der Waals surface area contributed by atoms with E-state index in [2.05, 4.69) is 0 Å². The van der Waals surface area contributed by atoms with E-state index in [1.54, 1.807) is 0 Å². The Kier molecular flexibility index (Phi) is 3.29. The summed E-state index contributed by atoms with van der Waals surface area (Å²) in [5.74, 6) is -1.76. The van der Waals surface area contributed by atoms with Crippen molar-refractivity contribution in [2.24, 2.45) is 0 Å². The van der Waals surface area contributed by atoms with Crippen LogP contribution in [-0.2, 0) is 0 Å². The molecular formula is C8H6Cl2F2. The van der Waals surface area contributed by atoms with E-state index < -0.39 is 17.0 Å². The molecule has 1 aromatic carbocycles. The highest BCUT2D eigenvalue weighted by molar-refractivity contribution is 6.28. The first-order valence-corrected chi connectivity index (χ1v) is 4.28. The number of hydrogen-bond donors (Lipinski definition) is 0. The van der Waals surface area contributed by atoms with Crippen LogP contribution in [0.1, 0.15) is 10.9 Å². The van der Waals surface area contributed by atoms with E-state index in [4.69, 9.17) is 23.2 Å². The van der Waals surface area contributed by atoms with Gasteiger partial charge in [0.05, 0.1) is 5.38 Å². The lowest BCUT2D eigenvalue weighted by Crippen LogP contribution is -1.98. The molecule has 0 radical (unpaired) electrons. The molecule has 0 saturated carbocycles. The maximum atomic E-state index is 12.9. The van der Waals surface area contributed by atoms with Crippen LogP contribution in [0.4, 0.5) is 8.78 Å². The second kappa shape index (κ2) is 4.06. The molecule has 0 heterocycles. The molecule has 0 spiro atoms. The fourth-order valence-corrected chi connectivity index (χ4v) is 1.18. The Balaban J connectivity index is 3.07. The molecule has 12 heavy (non-hydrogen) atoms. The fourth-order valence-electron chi connectivity index (χ4n) is 0.846. The van der Waals surface area contributed by atoms with Crippen molar-refractivity contribution in [1.29, 1.82) is 0 Å². The summed E-state index contributed by atoms with van der Waals surface area (Å²) in [6.07, 6.45) is 0. The van der Waals surface area contributed by atoms with Gasteiger partial charge in [0.15, 0.2) is 11.6 Å². The molecule has 0 aromatic heterocycles. The lowest BCUT2D eigenvalue weighted by molar-refractivity contribution is 0.499. The first kappa shape index (κ1) is 9.75.